The lowest BCUT2D eigenvalue weighted by molar-refractivity contribution is -0.122. The van der Waals surface area contributed by atoms with Gasteiger partial charge in [-0.15, -0.1) is 0 Å². The highest BCUT2D eigenvalue weighted by atomic mass is 16.4. The lowest BCUT2D eigenvalue weighted by atomic mass is 10.3. The highest BCUT2D eigenvalue weighted by Crippen LogP contribution is 1.95. The molecule has 1 unspecified atom stereocenters. The number of amides is 3. The highest BCUT2D eigenvalue weighted by molar-refractivity contribution is 5.86. The number of rotatable bonds is 6. The van der Waals surface area contributed by atoms with E-state index < -0.39 is 18.0 Å². The zero-order chi connectivity index (χ0) is 15.1. The third kappa shape index (κ3) is 4.59. The third-order valence-corrected chi connectivity index (χ3v) is 2.50. The molecule has 0 radical (unpaired) electrons. The molecule has 1 aromatic rings. The normalized spacial score (nSPS) is 11.5. The van der Waals surface area contributed by atoms with E-state index in [4.69, 9.17) is 5.11 Å². The van der Waals surface area contributed by atoms with Crippen molar-refractivity contribution in [3.05, 3.63) is 18.2 Å². The van der Waals surface area contributed by atoms with Gasteiger partial charge in [-0.2, -0.15) is 0 Å². The first-order valence-corrected chi connectivity index (χ1v) is 5.95. The molecule has 1 aromatic heterocycles. The van der Waals surface area contributed by atoms with E-state index in [1.165, 1.54) is 19.6 Å². The molecule has 9 nitrogen and oxygen atoms in total. The lowest BCUT2D eigenvalue weighted by Gasteiger charge is -2.13. The van der Waals surface area contributed by atoms with Crippen molar-refractivity contribution in [2.75, 3.05) is 13.6 Å². The molecule has 0 aliphatic carbocycles. The Morgan fingerprint density at radius 3 is 2.70 bits per heavy atom. The molecule has 0 aliphatic rings. The van der Waals surface area contributed by atoms with Gasteiger partial charge >= 0.3 is 12.0 Å². The topological polar surface area (TPSA) is 125 Å². The molecule has 0 saturated carbocycles. The minimum Gasteiger partial charge on any atom is -0.476 e. The number of hydrogen-bond acceptors (Lipinski definition) is 4. The fourth-order valence-corrected chi connectivity index (χ4v) is 1.42. The predicted molar refractivity (Wildman–Crippen MR) is 69.2 cm³/mol. The summed E-state index contributed by atoms with van der Waals surface area (Å²) in [5.41, 5.74) is -0.0531. The number of imidazole rings is 1. The Morgan fingerprint density at radius 1 is 1.45 bits per heavy atom. The summed E-state index contributed by atoms with van der Waals surface area (Å²) in [6.45, 7) is 2.22. The molecule has 20 heavy (non-hydrogen) atoms. The molecule has 4 N–H and O–H groups in total. The number of carboxylic acid groups (broad SMARTS) is 1. The number of nitrogens with zero attached hydrogens (tertiary/aromatic N) is 2. The summed E-state index contributed by atoms with van der Waals surface area (Å²) < 4.78 is 1.55. The van der Waals surface area contributed by atoms with Gasteiger partial charge in [-0.1, -0.05) is 0 Å². The molecule has 9 heteroatoms. The van der Waals surface area contributed by atoms with Gasteiger partial charge in [0.15, 0.2) is 5.69 Å². The van der Waals surface area contributed by atoms with E-state index in [1.807, 2.05) is 0 Å². The first-order chi connectivity index (χ1) is 9.43. The molecular weight excluding hydrogens is 266 g/mol. The van der Waals surface area contributed by atoms with Crippen LogP contribution in [0.5, 0.6) is 0 Å². The van der Waals surface area contributed by atoms with Gasteiger partial charge in [0.05, 0.1) is 6.33 Å². The van der Waals surface area contributed by atoms with Gasteiger partial charge in [-0.3, -0.25) is 4.79 Å². The molecular formula is C11H17N5O4. The second kappa shape index (κ2) is 7.12. The summed E-state index contributed by atoms with van der Waals surface area (Å²) in [6.07, 6.45) is 2.74. The van der Waals surface area contributed by atoms with Crippen LogP contribution in [0.3, 0.4) is 0 Å². The molecule has 3 amide bonds. The fraction of sp³-hybridized carbons (Fsp3) is 0.455. The van der Waals surface area contributed by atoms with Crippen LogP contribution in [0.1, 0.15) is 17.4 Å². The number of hydrogen-bond donors (Lipinski definition) is 4. The molecule has 0 aromatic carbocycles. The fourth-order valence-electron chi connectivity index (χ4n) is 1.42. The number of carbonyl (C=O) groups excluding carboxylic acids is 2. The summed E-state index contributed by atoms with van der Waals surface area (Å²) in [5.74, 6) is -1.39. The Balaban J connectivity index is 2.31. The Hall–Kier alpha value is -2.58. The van der Waals surface area contributed by atoms with Crippen molar-refractivity contribution in [3.8, 4) is 0 Å². The van der Waals surface area contributed by atoms with Crippen molar-refractivity contribution in [2.45, 2.75) is 19.5 Å². The highest BCUT2D eigenvalue weighted by Gasteiger charge is 2.13. The van der Waals surface area contributed by atoms with E-state index in [2.05, 4.69) is 20.9 Å². The lowest BCUT2D eigenvalue weighted by Crippen LogP contribution is -2.48. The first-order valence-electron chi connectivity index (χ1n) is 5.95. The number of aromatic nitrogens is 2. The standard InChI is InChI=1S/C11H17N5O4/c1-7(9(17)12-2)15-11(20)13-3-4-16-5-8(10(18)19)14-6-16/h5-7H,3-4H2,1-2H3,(H,12,17)(H,18,19)(H2,13,15,20). The zero-order valence-corrected chi connectivity index (χ0v) is 11.2. The van der Waals surface area contributed by atoms with Crippen LogP contribution in [-0.4, -0.2) is 52.2 Å². The van der Waals surface area contributed by atoms with Crippen molar-refractivity contribution in [3.63, 3.8) is 0 Å². The maximum atomic E-state index is 11.5. The molecule has 0 spiro atoms. The molecule has 0 fully saturated rings. The van der Waals surface area contributed by atoms with Crippen LogP contribution in [0.25, 0.3) is 0 Å². The average molecular weight is 283 g/mol. The number of urea groups is 1. The average Bonchev–Trinajstić information content (AvgIpc) is 2.86. The van der Waals surface area contributed by atoms with Crippen LogP contribution in [0.4, 0.5) is 4.79 Å². The Labute approximate surface area is 115 Å². The number of likely N-dealkylation sites (N-methyl/N-ethyl adjacent to an activating group) is 1. The minimum atomic E-state index is -1.10. The van der Waals surface area contributed by atoms with Gasteiger partial charge in [-0.05, 0) is 6.92 Å². The third-order valence-electron chi connectivity index (χ3n) is 2.50. The number of carboxylic acids is 1. The number of aromatic carboxylic acids is 1. The summed E-state index contributed by atoms with van der Waals surface area (Å²) in [5, 5.41) is 16.1. The Bertz CT molecular complexity index is 499. The number of carbonyl (C=O) groups is 3. The molecule has 1 rings (SSSR count). The Morgan fingerprint density at radius 2 is 2.15 bits per heavy atom. The van der Waals surface area contributed by atoms with Gasteiger partial charge in [0.25, 0.3) is 0 Å². The molecule has 110 valence electrons. The van der Waals surface area contributed by atoms with Crippen molar-refractivity contribution < 1.29 is 19.5 Å². The van der Waals surface area contributed by atoms with E-state index in [1.54, 1.807) is 11.5 Å². The quantitative estimate of drug-likeness (QED) is 0.533. The van der Waals surface area contributed by atoms with E-state index in [0.717, 1.165) is 0 Å². The molecule has 1 heterocycles. The Kier molecular flexibility index (Phi) is 5.51. The van der Waals surface area contributed by atoms with Crippen LogP contribution in [-0.2, 0) is 11.3 Å². The van der Waals surface area contributed by atoms with Crippen LogP contribution in [0.15, 0.2) is 12.5 Å². The SMILES string of the molecule is CNC(=O)C(C)NC(=O)NCCn1cnc(C(=O)O)c1. The van der Waals surface area contributed by atoms with E-state index in [9.17, 15) is 14.4 Å². The van der Waals surface area contributed by atoms with Gasteiger partial charge in [0, 0.05) is 26.3 Å². The monoisotopic (exact) mass is 283 g/mol. The summed E-state index contributed by atoms with van der Waals surface area (Å²) in [6, 6.07) is -1.11. The van der Waals surface area contributed by atoms with Crippen molar-refractivity contribution in [1.29, 1.82) is 0 Å². The van der Waals surface area contributed by atoms with Gasteiger partial charge in [0.2, 0.25) is 5.91 Å². The molecule has 0 aliphatic heterocycles. The van der Waals surface area contributed by atoms with Crippen molar-refractivity contribution in [2.24, 2.45) is 0 Å². The largest absolute Gasteiger partial charge is 0.476 e. The van der Waals surface area contributed by atoms with Crippen LogP contribution in [0, 0.1) is 0 Å². The van der Waals surface area contributed by atoms with Crippen molar-refractivity contribution >= 4 is 17.9 Å². The van der Waals surface area contributed by atoms with Gasteiger partial charge in [0.1, 0.15) is 6.04 Å². The molecule has 1 atom stereocenters. The maximum Gasteiger partial charge on any atom is 0.356 e. The van der Waals surface area contributed by atoms with E-state index in [0.29, 0.717) is 6.54 Å². The van der Waals surface area contributed by atoms with Crippen LogP contribution >= 0.6 is 0 Å². The minimum absolute atomic E-state index is 0.0531. The molecule has 0 bridgehead atoms. The van der Waals surface area contributed by atoms with Crippen LogP contribution < -0.4 is 16.0 Å². The zero-order valence-electron chi connectivity index (χ0n) is 11.2. The molecule has 0 saturated heterocycles. The second-order valence-corrected chi connectivity index (χ2v) is 4.04. The smallest absolute Gasteiger partial charge is 0.356 e. The summed E-state index contributed by atoms with van der Waals surface area (Å²) >= 11 is 0. The van der Waals surface area contributed by atoms with Gasteiger partial charge < -0.3 is 25.6 Å². The van der Waals surface area contributed by atoms with Gasteiger partial charge in [-0.25, -0.2) is 14.6 Å². The van der Waals surface area contributed by atoms with E-state index >= 15 is 0 Å². The van der Waals surface area contributed by atoms with Crippen LogP contribution in [0.2, 0.25) is 0 Å². The first kappa shape index (κ1) is 15.5. The maximum absolute atomic E-state index is 11.5. The second-order valence-electron chi connectivity index (χ2n) is 4.04. The van der Waals surface area contributed by atoms with E-state index in [-0.39, 0.29) is 18.1 Å². The summed E-state index contributed by atoms with van der Waals surface area (Å²) in [7, 11) is 1.48. The summed E-state index contributed by atoms with van der Waals surface area (Å²) in [4.78, 5) is 36.9. The van der Waals surface area contributed by atoms with Crippen molar-refractivity contribution in [1.82, 2.24) is 25.5 Å². The predicted octanol–water partition coefficient (Wildman–Crippen LogP) is -0.985. The number of nitrogens with one attached hydrogen (secondary N) is 3.